The number of nitrogens with one attached hydrogen (secondary N) is 1. The highest BCUT2D eigenvalue weighted by molar-refractivity contribution is 6.04. The molecule has 4 unspecified atom stereocenters. The van der Waals surface area contributed by atoms with Crippen LogP contribution in [0.25, 0.3) is 32.8 Å². The average molecular weight is 615 g/mol. The van der Waals surface area contributed by atoms with E-state index in [1.807, 2.05) is 11.9 Å². The number of fused-ring (bicyclic) bond motifs is 4. The van der Waals surface area contributed by atoms with Crippen LogP contribution in [0, 0.1) is 24.0 Å². The molecule has 0 aliphatic carbocycles. The van der Waals surface area contributed by atoms with Gasteiger partial charge in [-0.05, 0) is 62.9 Å². The first kappa shape index (κ1) is 28.4. The number of hydrogen-bond donors (Lipinski definition) is 2. The van der Waals surface area contributed by atoms with E-state index in [4.69, 9.17) is 16.1 Å². The number of halogens is 3. The Bertz CT molecular complexity index is 1930. The average Bonchev–Trinajstić information content (AvgIpc) is 3.37. The predicted molar refractivity (Wildman–Crippen MR) is 166 cm³/mol. The molecule has 1 aromatic heterocycles. The Morgan fingerprint density at radius 3 is 2.87 bits per heavy atom. The first-order valence-electron chi connectivity index (χ1n) is 15.4. The van der Waals surface area contributed by atoms with Crippen molar-refractivity contribution >= 4 is 27.5 Å². The van der Waals surface area contributed by atoms with Gasteiger partial charge in [-0.15, -0.1) is 6.42 Å². The Labute approximate surface area is 258 Å². The molecule has 45 heavy (non-hydrogen) atoms. The summed E-state index contributed by atoms with van der Waals surface area (Å²) in [5, 5.41) is 19.3. The fourth-order valence-electron chi connectivity index (χ4n) is 7.91. The van der Waals surface area contributed by atoms with E-state index in [-0.39, 0.29) is 52.1 Å². The SMILES string of the molecule is C#Cc1cccc2cc(O)cc(-c3c(F)cc4c(N5CC(C)NC6(C)CN56)nc(OC[C@@]56CCCN5CC(F)C6)nc4c3F)c12. The molecule has 3 aromatic carbocycles. The van der Waals surface area contributed by atoms with Crippen molar-refractivity contribution in [3.8, 4) is 35.2 Å². The van der Waals surface area contributed by atoms with Gasteiger partial charge in [-0.2, -0.15) is 15.0 Å². The van der Waals surface area contributed by atoms with Crippen molar-refractivity contribution in [1.82, 2.24) is 25.2 Å². The number of hydrazine groups is 1. The van der Waals surface area contributed by atoms with E-state index in [9.17, 15) is 9.50 Å². The third-order valence-electron chi connectivity index (χ3n) is 9.92. The summed E-state index contributed by atoms with van der Waals surface area (Å²) in [5.41, 5.74) is -0.684. The van der Waals surface area contributed by atoms with Gasteiger partial charge in [-0.25, -0.2) is 13.2 Å². The minimum Gasteiger partial charge on any atom is -0.508 e. The predicted octanol–water partition coefficient (Wildman–Crippen LogP) is 5.12. The molecule has 4 aromatic rings. The molecule has 11 heteroatoms. The maximum Gasteiger partial charge on any atom is 0.319 e. The first-order valence-corrected chi connectivity index (χ1v) is 15.4. The Morgan fingerprint density at radius 1 is 1.20 bits per heavy atom. The molecule has 4 saturated heterocycles. The minimum absolute atomic E-state index is 0.0580. The van der Waals surface area contributed by atoms with Gasteiger partial charge in [0.15, 0.2) is 11.6 Å². The third-order valence-corrected chi connectivity index (χ3v) is 9.92. The second kappa shape index (κ2) is 9.94. The highest BCUT2D eigenvalue weighted by atomic mass is 19.1. The van der Waals surface area contributed by atoms with Crippen LogP contribution in [-0.2, 0) is 0 Å². The van der Waals surface area contributed by atoms with E-state index in [2.05, 4.69) is 33.1 Å². The second-order valence-electron chi connectivity index (χ2n) is 13.1. The number of nitrogens with zero attached hydrogens (tertiary/aromatic N) is 5. The van der Waals surface area contributed by atoms with Gasteiger partial charge in [0, 0.05) is 35.5 Å². The lowest BCUT2D eigenvalue weighted by Crippen LogP contribution is -2.56. The van der Waals surface area contributed by atoms with Gasteiger partial charge in [0.25, 0.3) is 0 Å². The van der Waals surface area contributed by atoms with Crippen LogP contribution in [0.3, 0.4) is 0 Å². The summed E-state index contributed by atoms with van der Waals surface area (Å²) in [4.78, 5) is 11.4. The Kier molecular flexibility index (Phi) is 6.27. The van der Waals surface area contributed by atoms with E-state index >= 15 is 8.78 Å². The molecular formula is C34H33F3N6O2. The number of anilines is 1. The molecule has 5 heterocycles. The van der Waals surface area contributed by atoms with Crippen LogP contribution in [0.4, 0.5) is 19.0 Å². The number of rotatable bonds is 5. The smallest absolute Gasteiger partial charge is 0.319 e. The molecule has 2 N–H and O–H groups in total. The van der Waals surface area contributed by atoms with Gasteiger partial charge in [-0.3, -0.25) is 15.2 Å². The van der Waals surface area contributed by atoms with Crippen molar-refractivity contribution in [3.05, 3.63) is 53.6 Å². The number of phenols is 1. The van der Waals surface area contributed by atoms with Crippen LogP contribution >= 0.6 is 0 Å². The Hall–Kier alpha value is -4.11. The van der Waals surface area contributed by atoms with E-state index in [1.54, 1.807) is 18.2 Å². The molecule has 0 radical (unpaired) electrons. The molecular weight excluding hydrogens is 581 g/mol. The summed E-state index contributed by atoms with van der Waals surface area (Å²) in [6.45, 7) is 6.65. The van der Waals surface area contributed by atoms with Crippen molar-refractivity contribution in [3.63, 3.8) is 0 Å². The maximum absolute atomic E-state index is 16.9. The lowest BCUT2D eigenvalue weighted by molar-refractivity contribution is 0.107. The van der Waals surface area contributed by atoms with Gasteiger partial charge in [0.2, 0.25) is 0 Å². The minimum atomic E-state index is -0.933. The molecule has 4 aliphatic rings. The maximum atomic E-state index is 16.9. The van der Waals surface area contributed by atoms with Gasteiger partial charge in [0.1, 0.15) is 35.5 Å². The molecule has 0 bridgehead atoms. The van der Waals surface area contributed by atoms with Gasteiger partial charge in [-0.1, -0.05) is 18.1 Å². The quantitative estimate of drug-likeness (QED) is 0.237. The number of benzene rings is 3. The zero-order valence-electron chi connectivity index (χ0n) is 25.1. The van der Waals surface area contributed by atoms with Gasteiger partial charge in [0.05, 0.1) is 29.6 Å². The van der Waals surface area contributed by atoms with E-state index in [0.29, 0.717) is 48.2 Å². The lowest BCUT2D eigenvalue weighted by atomic mass is 9.93. The molecule has 232 valence electrons. The molecule has 4 fully saturated rings. The summed E-state index contributed by atoms with van der Waals surface area (Å²) in [5.74, 6) is 1.02. The van der Waals surface area contributed by atoms with Gasteiger partial charge < -0.3 is 9.84 Å². The van der Waals surface area contributed by atoms with Crippen molar-refractivity contribution in [1.29, 1.82) is 0 Å². The highest BCUT2D eigenvalue weighted by Gasteiger charge is 2.56. The van der Waals surface area contributed by atoms with E-state index in [0.717, 1.165) is 19.4 Å². The van der Waals surface area contributed by atoms with E-state index in [1.165, 1.54) is 18.2 Å². The second-order valence-corrected chi connectivity index (χ2v) is 13.1. The number of phenolic OH excluding ortho intramolecular Hbond substituents is 1. The zero-order valence-corrected chi connectivity index (χ0v) is 25.1. The van der Waals surface area contributed by atoms with Crippen LogP contribution in [0.15, 0.2) is 36.4 Å². The topological polar surface area (TPSA) is 76.8 Å². The van der Waals surface area contributed by atoms with Crippen molar-refractivity contribution in [2.24, 2.45) is 0 Å². The molecule has 8 rings (SSSR count). The van der Waals surface area contributed by atoms with Crippen LogP contribution in [0.1, 0.15) is 38.7 Å². The molecule has 5 atom stereocenters. The summed E-state index contributed by atoms with van der Waals surface area (Å²) < 4.78 is 53.8. The summed E-state index contributed by atoms with van der Waals surface area (Å²) in [6, 6.07) is 9.23. The number of hydrogen-bond acceptors (Lipinski definition) is 8. The first-order chi connectivity index (χ1) is 21.6. The van der Waals surface area contributed by atoms with Crippen LogP contribution in [0.5, 0.6) is 11.8 Å². The van der Waals surface area contributed by atoms with Crippen LogP contribution < -0.4 is 15.1 Å². The molecule has 8 nitrogen and oxygen atoms in total. The third kappa shape index (κ3) is 4.42. The zero-order chi connectivity index (χ0) is 31.2. The fourth-order valence-corrected chi connectivity index (χ4v) is 7.91. The Balaban J connectivity index is 1.31. The summed E-state index contributed by atoms with van der Waals surface area (Å²) in [6.07, 6.45) is 6.95. The fraction of sp³-hybridized carbons (Fsp3) is 0.412. The van der Waals surface area contributed by atoms with E-state index < -0.39 is 23.3 Å². The molecule has 0 amide bonds. The molecule has 0 saturated carbocycles. The largest absolute Gasteiger partial charge is 0.508 e. The number of terminal acetylenes is 1. The highest BCUT2D eigenvalue weighted by Crippen LogP contribution is 2.45. The number of alkyl halides is 1. The van der Waals surface area contributed by atoms with Crippen LogP contribution in [-0.4, -0.2) is 81.2 Å². The monoisotopic (exact) mass is 614 g/mol. The van der Waals surface area contributed by atoms with Crippen LogP contribution in [0.2, 0.25) is 0 Å². The van der Waals surface area contributed by atoms with Crippen molar-refractivity contribution in [2.45, 2.75) is 56.5 Å². The Morgan fingerprint density at radius 2 is 2.04 bits per heavy atom. The molecule has 4 aliphatic heterocycles. The molecule has 0 spiro atoms. The van der Waals surface area contributed by atoms with Gasteiger partial charge >= 0.3 is 6.01 Å². The number of aromatic hydroxyl groups is 1. The standard InChI is InChI=1S/C34H33F3N6O2/c1-4-20-7-5-8-21-11-23(44)12-24(27(20)21)28-26(36)13-25-30(29(28)37)38-32(45-18-34-9-6-10-41(34)16-22(35)14-34)39-31(25)42-15-19(2)40-33(3)17-43(33)42/h1,5,7-8,11-13,19,22,40,44H,6,9-10,14-18H2,2-3H3/t19?,22?,33?,34-,43?/m0/s1. The number of aromatic nitrogens is 2. The normalized spacial score (nSPS) is 29.2. The lowest BCUT2D eigenvalue weighted by Gasteiger charge is -2.37. The number of ether oxygens (including phenoxy) is 1. The van der Waals surface area contributed by atoms with Crippen molar-refractivity contribution in [2.75, 3.05) is 37.8 Å². The summed E-state index contributed by atoms with van der Waals surface area (Å²) in [7, 11) is 0. The summed E-state index contributed by atoms with van der Waals surface area (Å²) >= 11 is 0. The van der Waals surface area contributed by atoms with Crippen molar-refractivity contribution < 1.29 is 23.0 Å².